The SMILES string of the molecule is CN1C(=O)c2cccc(OC(F)F)c2C2CC1c1nc3ccc(C#CC4CC(=O)C4)cc3n12. The second-order valence-corrected chi connectivity index (χ2v) is 8.74. The van der Waals surface area contributed by atoms with Gasteiger partial charge >= 0.3 is 6.61 Å². The molecule has 0 saturated heterocycles. The number of fused-ring (bicyclic) bond motifs is 9. The van der Waals surface area contributed by atoms with Crippen molar-refractivity contribution in [2.24, 2.45) is 5.92 Å². The van der Waals surface area contributed by atoms with Crippen LogP contribution in [0, 0.1) is 17.8 Å². The molecule has 3 aliphatic rings. The Morgan fingerprint density at radius 1 is 1.15 bits per heavy atom. The number of hydrogen-bond acceptors (Lipinski definition) is 4. The monoisotopic (exact) mass is 447 g/mol. The summed E-state index contributed by atoms with van der Waals surface area (Å²) in [5.41, 5.74) is 3.20. The second kappa shape index (κ2) is 7.14. The molecule has 1 aromatic heterocycles. The van der Waals surface area contributed by atoms with E-state index in [4.69, 9.17) is 9.72 Å². The van der Waals surface area contributed by atoms with Crippen LogP contribution in [0.5, 0.6) is 5.75 Å². The van der Waals surface area contributed by atoms with Crippen molar-refractivity contribution in [3.63, 3.8) is 0 Å². The first kappa shape index (κ1) is 19.9. The lowest BCUT2D eigenvalue weighted by atomic mass is 9.84. The normalized spacial score (nSPS) is 21.4. The number of carbonyl (C=O) groups excluding carboxylic acids is 2. The Labute approximate surface area is 188 Å². The number of ketones is 1. The highest BCUT2D eigenvalue weighted by molar-refractivity contribution is 5.98. The average molecular weight is 447 g/mol. The van der Waals surface area contributed by atoms with Crippen LogP contribution in [0.3, 0.4) is 0 Å². The van der Waals surface area contributed by atoms with E-state index in [-0.39, 0.29) is 35.4 Å². The maximum atomic E-state index is 13.2. The second-order valence-electron chi connectivity index (χ2n) is 8.74. The Morgan fingerprint density at radius 3 is 2.73 bits per heavy atom. The van der Waals surface area contributed by atoms with Gasteiger partial charge in [0.1, 0.15) is 17.4 Å². The van der Waals surface area contributed by atoms with Crippen molar-refractivity contribution in [2.75, 3.05) is 7.05 Å². The fraction of sp³-hybridized carbons (Fsp3) is 0.320. The van der Waals surface area contributed by atoms with Crippen molar-refractivity contribution in [3.8, 4) is 17.6 Å². The third-order valence-electron chi connectivity index (χ3n) is 6.78. The summed E-state index contributed by atoms with van der Waals surface area (Å²) in [6, 6.07) is 9.75. The number of imidazole rings is 1. The van der Waals surface area contributed by atoms with Crippen LogP contribution in [-0.2, 0) is 4.79 Å². The first-order valence-corrected chi connectivity index (χ1v) is 10.8. The number of hydrogen-bond donors (Lipinski definition) is 0. The van der Waals surface area contributed by atoms with Crippen LogP contribution < -0.4 is 4.74 Å². The van der Waals surface area contributed by atoms with Crippen molar-refractivity contribution in [1.29, 1.82) is 0 Å². The number of benzene rings is 2. The number of nitrogens with zero attached hydrogens (tertiary/aromatic N) is 3. The fourth-order valence-corrected chi connectivity index (χ4v) is 5.13. The molecular weight excluding hydrogens is 428 g/mol. The van der Waals surface area contributed by atoms with Crippen LogP contribution in [0.15, 0.2) is 36.4 Å². The standard InChI is InChI=1S/C25H19F2N3O3/c1-29-20-12-19(22-16(24(29)32)3-2-4-21(22)33-25(26)27)30-18-11-13(5-6-14-9-15(31)10-14)7-8-17(18)28-23(20)30/h2-4,7-8,11,14,19-20,25H,9-10,12H2,1H3. The van der Waals surface area contributed by atoms with Gasteiger partial charge in [0.25, 0.3) is 5.91 Å². The van der Waals surface area contributed by atoms with Gasteiger partial charge in [-0.05, 0) is 30.3 Å². The molecule has 2 aromatic carbocycles. The smallest absolute Gasteiger partial charge is 0.387 e. The summed E-state index contributed by atoms with van der Waals surface area (Å²) in [4.78, 5) is 30.8. The highest BCUT2D eigenvalue weighted by Gasteiger charge is 2.45. The van der Waals surface area contributed by atoms with Crippen LogP contribution in [-0.4, -0.2) is 39.8 Å². The number of aromatic nitrogens is 2. The maximum Gasteiger partial charge on any atom is 0.387 e. The Balaban J connectivity index is 1.51. The number of amides is 1. The summed E-state index contributed by atoms with van der Waals surface area (Å²) < 4.78 is 33.2. The number of rotatable bonds is 2. The van der Waals surface area contributed by atoms with Crippen molar-refractivity contribution in [1.82, 2.24) is 14.5 Å². The molecule has 1 saturated carbocycles. The predicted molar refractivity (Wildman–Crippen MR) is 115 cm³/mol. The minimum Gasteiger partial charge on any atom is -0.434 e. The molecule has 33 heavy (non-hydrogen) atoms. The molecule has 0 radical (unpaired) electrons. The van der Waals surface area contributed by atoms with E-state index >= 15 is 0 Å². The van der Waals surface area contributed by atoms with Gasteiger partial charge in [0, 0.05) is 48.9 Å². The van der Waals surface area contributed by atoms with Crippen LogP contribution in [0.1, 0.15) is 58.7 Å². The lowest BCUT2D eigenvalue weighted by Crippen LogP contribution is -2.30. The van der Waals surface area contributed by atoms with Gasteiger partial charge in [-0.2, -0.15) is 8.78 Å². The topological polar surface area (TPSA) is 64.4 Å². The molecule has 2 atom stereocenters. The van der Waals surface area contributed by atoms with Gasteiger partial charge in [0.2, 0.25) is 0 Å². The van der Waals surface area contributed by atoms with Gasteiger partial charge in [0.05, 0.1) is 23.1 Å². The molecule has 1 amide bonds. The fourth-order valence-electron chi connectivity index (χ4n) is 5.13. The van der Waals surface area contributed by atoms with E-state index in [2.05, 4.69) is 11.8 Å². The van der Waals surface area contributed by atoms with Gasteiger partial charge in [-0.3, -0.25) is 9.59 Å². The largest absolute Gasteiger partial charge is 0.434 e. The highest BCUT2D eigenvalue weighted by atomic mass is 19.3. The molecule has 3 aromatic rings. The van der Waals surface area contributed by atoms with E-state index in [1.54, 1.807) is 24.1 Å². The number of carbonyl (C=O) groups is 2. The summed E-state index contributed by atoms with van der Waals surface area (Å²) in [6.45, 7) is -3.00. The number of Topliss-reactive ketones (excluding diaryl/α,β-unsaturated/α-hetero) is 1. The maximum absolute atomic E-state index is 13.2. The summed E-state index contributed by atoms with van der Waals surface area (Å²) in [7, 11) is 1.71. The number of halogens is 2. The minimum atomic E-state index is -3.00. The van der Waals surface area contributed by atoms with E-state index in [1.807, 2.05) is 22.8 Å². The molecule has 0 N–H and O–H groups in total. The third kappa shape index (κ3) is 3.03. The first-order chi connectivity index (χ1) is 15.9. The lowest BCUT2D eigenvalue weighted by molar-refractivity contribution is -0.125. The zero-order valence-electron chi connectivity index (χ0n) is 17.7. The molecule has 2 aliphatic heterocycles. The van der Waals surface area contributed by atoms with E-state index in [9.17, 15) is 18.4 Å². The molecule has 0 spiro atoms. The van der Waals surface area contributed by atoms with Gasteiger partial charge in [-0.15, -0.1) is 0 Å². The predicted octanol–water partition coefficient (Wildman–Crippen LogP) is 4.09. The third-order valence-corrected chi connectivity index (χ3v) is 6.78. The summed E-state index contributed by atoms with van der Waals surface area (Å²) in [6.07, 6.45) is 1.54. The van der Waals surface area contributed by atoms with Gasteiger partial charge in [-0.25, -0.2) is 4.98 Å². The molecule has 2 bridgehead atoms. The van der Waals surface area contributed by atoms with Crippen LogP contribution in [0.2, 0.25) is 0 Å². The molecule has 1 aliphatic carbocycles. The van der Waals surface area contributed by atoms with Crippen molar-refractivity contribution < 1.29 is 23.1 Å². The molecule has 6 rings (SSSR count). The number of ether oxygens (including phenoxy) is 1. The molecule has 166 valence electrons. The summed E-state index contributed by atoms with van der Waals surface area (Å²) in [5.74, 6) is 7.13. The minimum absolute atomic E-state index is 0.00944. The molecule has 2 unspecified atom stereocenters. The van der Waals surface area contributed by atoms with Crippen LogP contribution in [0.25, 0.3) is 11.0 Å². The van der Waals surface area contributed by atoms with Crippen molar-refractivity contribution >= 4 is 22.7 Å². The summed E-state index contributed by atoms with van der Waals surface area (Å²) in [5, 5.41) is 0. The lowest BCUT2D eigenvalue weighted by Gasteiger charge is -2.24. The van der Waals surface area contributed by atoms with E-state index in [1.165, 1.54) is 6.07 Å². The zero-order chi connectivity index (χ0) is 22.9. The Kier molecular flexibility index (Phi) is 4.31. The molecular formula is C25H19F2N3O3. The van der Waals surface area contributed by atoms with E-state index < -0.39 is 6.61 Å². The molecule has 6 nitrogen and oxygen atoms in total. The first-order valence-electron chi connectivity index (χ1n) is 10.8. The Hall–Kier alpha value is -3.73. The van der Waals surface area contributed by atoms with Gasteiger partial charge < -0.3 is 14.2 Å². The number of alkyl halides is 2. The summed E-state index contributed by atoms with van der Waals surface area (Å²) >= 11 is 0. The molecule has 8 heteroatoms. The quantitative estimate of drug-likeness (QED) is 0.555. The Morgan fingerprint density at radius 2 is 1.97 bits per heavy atom. The Bertz CT molecular complexity index is 1390. The van der Waals surface area contributed by atoms with Gasteiger partial charge in [-0.1, -0.05) is 17.9 Å². The van der Waals surface area contributed by atoms with E-state index in [0.29, 0.717) is 30.4 Å². The van der Waals surface area contributed by atoms with Crippen LogP contribution >= 0.6 is 0 Å². The molecule has 1 fully saturated rings. The van der Waals surface area contributed by atoms with E-state index in [0.717, 1.165) is 22.4 Å². The van der Waals surface area contributed by atoms with Crippen LogP contribution in [0.4, 0.5) is 8.78 Å². The van der Waals surface area contributed by atoms with Crippen molar-refractivity contribution in [2.45, 2.75) is 38.0 Å². The zero-order valence-corrected chi connectivity index (χ0v) is 17.7. The van der Waals surface area contributed by atoms with Gasteiger partial charge in [0.15, 0.2) is 0 Å². The molecule has 3 heterocycles. The van der Waals surface area contributed by atoms with Crippen molar-refractivity contribution in [3.05, 3.63) is 58.9 Å². The average Bonchev–Trinajstić information content (AvgIpc) is 3.28. The highest BCUT2D eigenvalue weighted by Crippen LogP contribution is 2.49.